The molecule has 0 bridgehead atoms. The third kappa shape index (κ3) is 4.00. The lowest BCUT2D eigenvalue weighted by Crippen LogP contribution is -2.26. The molecule has 5 rings (SSSR count). The van der Waals surface area contributed by atoms with Crippen molar-refractivity contribution in [2.24, 2.45) is 11.3 Å². The van der Waals surface area contributed by atoms with Gasteiger partial charge in [-0.05, 0) is 58.4 Å². The molecule has 34 heavy (non-hydrogen) atoms. The minimum atomic E-state index is -0.999. The summed E-state index contributed by atoms with van der Waals surface area (Å²) in [6, 6.07) is 16.4. The Morgan fingerprint density at radius 2 is 1.68 bits per heavy atom. The summed E-state index contributed by atoms with van der Waals surface area (Å²) in [5.74, 6) is -0.551. The maximum Gasteiger partial charge on any atom is 0.412 e. The van der Waals surface area contributed by atoms with E-state index < -0.39 is 12.1 Å². The molecule has 5 nitrogen and oxygen atoms in total. The Hall–Kier alpha value is -3.12. The number of hydrogen-bond donors (Lipinski definition) is 2. The number of carbonyl (C=O) groups is 2. The second kappa shape index (κ2) is 8.58. The van der Waals surface area contributed by atoms with Crippen molar-refractivity contribution < 1.29 is 19.4 Å². The molecule has 1 amide bonds. The van der Waals surface area contributed by atoms with Crippen LogP contribution in [0, 0.1) is 11.3 Å². The number of fused-ring (bicyclic) bond motifs is 4. The second-order valence-electron chi connectivity index (χ2n) is 10.3. The molecule has 2 aliphatic rings. The first-order valence-electron chi connectivity index (χ1n) is 11.7. The molecule has 2 aliphatic carbocycles. The van der Waals surface area contributed by atoms with Crippen LogP contribution in [0.4, 0.5) is 9.80 Å². The van der Waals surface area contributed by atoms with Gasteiger partial charge >= 0.3 is 12.1 Å². The fourth-order valence-electron chi connectivity index (χ4n) is 5.37. The maximum absolute atomic E-state index is 12.8. The topological polar surface area (TPSA) is 75.6 Å². The molecule has 1 heterocycles. The van der Waals surface area contributed by atoms with Gasteiger partial charge in [-0.2, -0.15) is 0 Å². The first-order valence-corrected chi connectivity index (χ1v) is 12.6. The Bertz CT molecular complexity index is 1220. The Morgan fingerprint density at radius 1 is 1.06 bits per heavy atom. The van der Waals surface area contributed by atoms with Gasteiger partial charge in [0, 0.05) is 10.8 Å². The van der Waals surface area contributed by atoms with Crippen LogP contribution in [0.1, 0.15) is 65.0 Å². The van der Waals surface area contributed by atoms with Gasteiger partial charge < -0.3 is 9.84 Å². The molecule has 0 saturated carbocycles. The highest BCUT2D eigenvalue weighted by atomic mass is 32.1. The number of ether oxygens (including phenoxy) is 1. The Morgan fingerprint density at radius 3 is 2.26 bits per heavy atom. The molecule has 0 aliphatic heterocycles. The molecular weight excluding hydrogens is 446 g/mol. The number of thiophene rings is 1. The Kier molecular flexibility index (Phi) is 5.72. The molecule has 1 aromatic heterocycles. The number of carboxylic acid groups (broad SMARTS) is 1. The van der Waals surface area contributed by atoms with Crippen molar-refractivity contribution in [2.75, 3.05) is 11.9 Å². The van der Waals surface area contributed by atoms with E-state index in [0.29, 0.717) is 10.9 Å². The van der Waals surface area contributed by atoms with E-state index >= 15 is 0 Å². The lowest BCUT2D eigenvalue weighted by Gasteiger charge is -2.33. The minimum Gasteiger partial charge on any atom is -0.478 e. The molecule has 3 aromatic rings. The van der Waals surface area contributed by atoms with E-state index in [1.807, 2.05) is 24.3 Å². The Labute approximate surface area is 203 Å². The number of carbonyl (C=O) groups excluding carboxylic acids is 1. The van der Waals surface area contributed by atoms with Crippen LogP contribution in [-0.2, 0) is 17.6 Å². The van der Waals surface area contributed by atoms with Gasteiger partial charge in [0.25, 0.3) is 0 Å². The number of amides is 1. The van der Waals surface area contributed by atoms with Gasteiger partial charge in [0.15, 0.2) is 0 Å². The number of aromatic carboxylic acids is 1. The second-order valence-corrected chi connectivity index (χ2v) is 11.4. The summed E-state index contributed by atoms with van der Waals surface area (Å²) >= 11 is 1.38. The van der Waals surface area contributed by atoms with Gasteiger partial charge in [0.1, 0.15) is 11.6 Å². The zero-order chi connectivity index (χ0) is 24.0. The highest BCUT2D eigenvalue weighted by Gasteiger charge is 2.34. The zero-order valence-corrected chi connectivity index (χ0v) is 20.5. The van der Waals surface area contributed by atoms with Gasteiger partial charge in [-0.1, -0.05) is 69.3 Å². The standard InChI is InChI=1S/C28H29NO4S/c1-28(2,3)16-12-13-21-23(14-16)34-25(24(21)26(30)31)29-27(32)33-15-22-19-10-6-4-8-17(19)18-9-5-7-11-20(18)22/h4-11,16,22H,12-15H2,1-3H3,(H,29,32)(H,30,31). The van der Waals surface area contributed by atoms with Crippen molar-refractivity contribution in [1.82, 2.24) is 0 Å². The largest absolute Gasteiger partial charge is 0.478 e. The predicted octanol–water partition coefficient (Wildman–Crippen LogP) is 6.96. The van der Waals surface area contributed by atoms with Gasteiger partial charge in [-0.3, -0.25) is 5.32 Å². The summed E-state index contributed by atoms with van der Waals surface area (Å²) in [5, 5.41) is 13.0. The number of hydrogen-bond acceptors (Lipinski definition) is 4. The number of rotatable bonds is 4. The molecule has 0 fully saturated rings. The number of anilines is 1. The summed E-state index contributed by atoms with van der Waals surface area (Å²) in [6.07, 6.45) is 1.91. The van der Waals surface area contributed by atoms with Crippen molar-refractivity contribution in [3.63, 3.8) is 0 Å². The van der Waals surface area contributed by atoms with Crippen LogP contribution in [0.25, 0.3) is 11.1 Å². The van der Waals surface area contributed by atoms with Crippen molar-refractivity contribution in [3.05, 3.63) is 75.7 Å². The van der Waals surface area contributed by atoms with E-state index in [9.17, 15) is 14.7 Å². The lowest BCUT2D eigenvalue weighted by molar-refractivity contribution is 0.0696. The molecule has 2 aromatic carbocycles. The van der Waals surface area contributed by atoms with E-state index in [1.165, 1.54) is 22.5 Å². The quantitative estimate of drug-likeness (QED) is 0.428. The molecule has 1 atom stereocenters. The third-order valence-electron chi connectivity index (χ3n) is 7.26. The number of carboxylic acids is 1. The van der Waals surface area contributed by atoms with Crippen LogP contribution in [0.2, 0.25) is 0 Å². The number of benzene rings is 2. The first-order chi connectivity index (χ1) is 16.2. The number of nitrogens with one attached hydrogen (secondary N) is 1. The fourth-order valence-corrected chi connectivity index (χ4v) is 6.67. The third-order valence-corrected chi connectivity index (χ3v) is 8.43. The summed E-state index contributed by atoms with van der Waals surface area (Å²) in [6.45, 7) is 6.87. The molecule has 1 unspecified atom stereocenters. The predicted molar refractivity (Wildman–Crippen MR) is 135 cm³/mol. The monoisotopic (exact) mass is 475 g/mol. The average Bonchev–Trinajstić information content (AvgIpc) is 3.32. The SMILES string of the molecule is CC(C)(C)C1CCc2c(sc(NC(=O)OCC3c4ccccc4-c4ccccc43)c2C(=O)O)C1. The van der Waals surface area contributed by atoms with Crippen LogP contribution in [0.5, 0.6) is 0 Å². The fraction of sp³-hybridized carbons (Fsp3) is 0.357. The first kappa shape index (κ1) is 22.7. The van der Waals surface area contributed by atoms with Crippen LogP contribution in [-0.4, -0.2) is 23.8 Å². The van der Waals surface area contributed by atoms with Crippen LogP contribution < -0.4 is 5.32 Å². The van der Waals surface area contributed by atoms with E-state index in [0.717, 1.165) is 40.8 Å². The zero-order valence-electron chi connectivity index (χ0n) is 19.7. The van der Waals surface area contributed by atoms with Crippen LogP contribution in [0.15, 0.2) is 48.5 Å². The molecule has 2 N–H and O–H groups in total. The van der Waals surface area contributed by atoms with Crippen molar-refractivity contribution in [2.45, 2.75) is 46.0 Å². The van der Waals surface area contributed by atoms with E-state index in [-0.39, 0.29) is 23.5 Å². The van der Waals surface area contributed by atoms with Gasteiger partial charge in [-0.15, -0.1) is 11.3 Å². The van der Waals surface area contributed by atoms with E-state index in [4.69, 9.17) is 4.74 Å². The molecular formula is C28H29NO4S. The molecule has 0 saturated heterocycles. The maximum atomic E-state index is 12.8. The average molecular weight is 476 g/mol. The normalized spacial score (nSPS) is 17.0. The van der Waals surface area contributed by atoms with Gasteiger partial charge in [0.05, 0.1) is 5.56 Å². The van der Waals surface area contributed by atoms with Crippen molar-refractivity contribution in [1.29, 1.82) is 0 Å². The van der Waals surface area contributed by atoms with Gasteiger partial charge in [-0.25, -0.2) is 9.59 Å². The molecule has 176 valence electrons. The molecule has 0 spiro atoms. The van der Waals surface area contributed by atoms with Gasteiger partial charge in [0.2, 0.25) is 0 Å². The smallest absolute Gasteiger partial charge is 0.412 e. The molecule has 0 radical (unpaired) electrons. The summed E-state index contributed by atoms with van der Waals surface area (Å²) in [5.41, 5.74) is 5.86. The summed E-state index contributed by atoms with van der Waals surface area (Å²) in [4.78, 5) is 25.9. The van der Waals surface area contributed by atoms with Crippen molar-refractivity contribution >= 4 is 28.4 Å². The lowest BCUT2D eigenvalue weighted by atomic mass is 9.72. The summed E-state index contributed by atoms with van der Waals surface area (Å²) in [7, 11) is 0. The van der Waals surface area contributed by atoms with Crippen LogP contribution in [0.3, 0.4) is 0 Å². The Balaban J connectivity index is 1.33. The summed E-state index contributed by atoms with van der Waals surface area (Å²) < 4.78 is 5.65. The highest BCUT2D eigenvalue weighted by Crippen LogP contribution is 2.46. The highest BCUT2D eigenvalue weighted by molar-refractivity contribution is 7.17. The minimum absolute atomic E-state index is 0.0406. The van der Waals surface area contributed by atoms with E-state index in [1.54, 1.807) is 0 Å². The van der Waals surface area contributed by atoms with Crippen LogP contribution >= 0.6 is 11.3 Å². The van der Waals surface area contributed by atoms with Crippen molar-refractivity contribution in [3.8, 4) is 11.1 Å². The molecule has 6 heteroatoms. The van der Waals surface area contributed by atoms with E-state index in [2.05, 4.69) is 50.4 Å².